The first-order chi connectivity index (χ1) is 15.9. The number of hydrogen-bond donors (Lipinski definition) is 3. The zero-order valence-electron chi connectivity index (χ0n) is 18.2. The summed E-state index contributed by atoms with van der Waals surface area (Å²) in [5, 5.41) is 16.9. The van der Waals surface area contributed by atoms with Crippen LogP contribution in [-0.2, 0) is 16.6 Å². The normalized spacial score (nSPS) is 14.2. The highest BCUT2D eigenvalue weighted by Crippen LogP contribution is 2.36. The van der Waals surface area contributed by atoms with Crippen LogP contribution >= 0.6 is 11.7 Å². The molecule has 12 heteroatoms. The van der Waals surface area contributed by atoms with Crippen molar-refractivity contribution < 1.29 is 23.0 Å². The third-order valence-corrected chi connectivity index (χ3v) is 7.79. The Bertz CT molecular complexity index is 1230. The Kier molecular flexibility index (Phi) is 6.86. The molecule has 0 atom stereocenters. The van der Waals surface area contributed by atoms with E-state index in [0.717, 1.165) is 30.1 Å². The number of phenols is 1. The molecule has 3 aromatic rings. The minimum absolute atomic E-state index is 0.127. The highest BCUT2D eigenvalue weighted by Gasteiger charge is 2.30. The van der Waals surface area contributed by atoms with E-state index in [4.69, 9.17) is 9.47 Å². The van der Waals surface area contributed by atoms with Crippen molar-refractivity contribution in [1.29, 1.82) is 0 Å². The van der Waals surface area contributed by atoms with Crippen molar-refractivity contribution in [3.63, 3.8) is 0 Å². The van der Waals surface area contributed by atoms with E-state index in [1.54, 1.807) is 26.4 Å². The van der Waals surface area contributed by atoms with Gasteiger partial charge in [0.15, 0.2) is 28.9 Å². The molecule has 1 aliphatic rings. The Labute approximate surface area is 196 Å². The molecular weight excluding hydrogens is 466 g/mol. The summed E-state index contributed by atoms with van der Waals surface area (Å²) in [4.78, 5) is -0.127. The van der Waals surface area contributed by atoms with Crippen molar-refractivity contribution in [3.05, 3.63) is 42.0 Å². The van der Waals surface area contributed by atoms with Crippen LogP contribution in [0.25, 0.3) is 0 Å². The molecule has 176 valence electrons. The Morgan fingerprint density at radius 1 is 1.06 bits per heavy atom. The number of aromatic hydroxyl groups is 1. The van der Waals surface area contributed by atoms with Gasteiger partial charge in [-0.05, 0) is 42.7 Å². The molecule has 2 heterocycles. The van der Waals surface area contributed by atoms with Gasteiger partial charge >= 0.3 is 0 Å². The number of hydrogen-bond acceptors (Lipinski definition) is 10. The molecule has 0 radical (unpaired) electrons. The van der Waals surface area contributed by atoms with E-state index in [9.17, 15) is 13.5 Å². The van der Waals surface area contributed by atoms with Crippen LogP contribution in [0.2, 0.25) is 0 Å². The lowest BCUT2D eigenvalue weighted by Crippen LogP contribution is -2.28. The van der Waals surface area contributed by atoms with Gasteiger partial charge < -0.3 is 25.2 Å². The first-order valence-electron chi connectivity index (χ1n) is 10.3. The minimum Gasteiger partial charge on any atom is -0.504 e. The number of anilines is 3. The summed E-state index contributed by atoms with van der Waals surface area (Å²) in [6, 6.07) is 10.2. The number of phenolic OH excluding ortho intramolecular Hbond substituents is 1. The largest absolute Gasteiger partial charge is 0.504 e. The van der Waals surface area contributed by atoms with Crippen LogP contribution in [-0.4, -0.2) is 53.9 Å². The maximum absolute atomic E-state index is 12.9. The third-order valence-electron chi connectivity index (χ3n) is 5.33. The average molecular weight is 492 g/mol. The molecule has 0 unspecified atom stereocenters. The molecule has 1 aromatic heterocycles. The molecule has 0 amide bonds. The van der Waals surface area contributed by atoms with E-state index in [0.29, 0.717) is 42.8 Å². The van der Waals surface area contributed by atoms with Crippen LogP contribution in [0.4, 0.5) is 17.3 Å². The van der Waals surface area contributed by atoms with Crippen LogP contribution in [0.3, 0.4) is 0 Å². The van der Waals surface area contributed by atoms with Gasteiger partial charge in [0.1, 0.15) is 4.90 Å². The minimum atomic E-state index is -3.77. The lowest BCUT2D eigenvalue weighted by molar-refractivity contribution is 0.354. The zero-order chi connectivity index (χ0) is 23.4. The molecule has 2 aromatic carbocycles. The van der Waals surface area contributed by atoms with Gasteiger partial charge in [-0.15, -0.1) is 0 Å². The van der Waals surface area contributed by atoms with Gasteiger partial charge in [0.25, 0.3) is 0 Å². The zero-order valence-corrected chi connectivity index (χ0v) is 19.9. The van der Waals surface area contributed by atoms with Crippen LogP contribution in [0.1, 0.15) is 18.4 Å². The molecule has 1 saturated heterocycles. The van der Waals surface area contributed by atoms with Crippen molar-refractivity contribution in [2.24, 2.45) is 0 Å². The SMILES string of the molecule is COc1ccc(CNc2nsnc2Nc2cccc(S(=O)(=O)N3CCCC3)c2O)cc1OC. The monoisotopic (exact) mass is 491 g/mol. The Hall–Kier alpha value is -3.09. The van der Waals surface area contributed by atoms with Crippen molar-refractivity contribution >= 4 is 39.1 Å². The summed E-state index contributed by atoms with van der Waals surface area (Å²) < 4.78 is 46.3. The Morgan fingerprint density at radius 3 is 2.52 bits per heavy atom. The number of para-hydroxylation sites is 1. The fourth-order valence-corrected chi connectivity index (χ4v) is 5.70. The van der Waals surface area contributed by atoms with Crippen LogP contribution < -0.4 is 20.1 Å². The molecule has 0 saturated carbocycles. The fourth-order valence-electron chi connectivity index (χ4n) is 3.59. The molecule has 0 aliphatic carbocycles. The summed E-state index contributed by atoms with van der Waals surface area (Å²) in [5.41, 5.74) is 1.17. The van der Waals surface area contributed by atoms with E-state index in [1.807, 2.05) is 18.2 Å². The maximum Gasteiger partial charge on any atom is 0.246 e. The molecule has 10 nitrogen and oxygen atoms in total. The fraction of sp³-hybridized carbons (Fsp3) is 0.333. The lowest BCUT2D eigenvalue weighted by Gasteiger charge is -2.18. The van der Waals surface area contributed by atoms with Crippen molar-refractivity contribution in [2.75, 3.05) is 37.9 Å². The highest BCUT2D eigenvalue weighted by molar-refractivity contribution is 7.89. The molecule has 3 N–H and O–H groups in total. The summed E-state index contributed by atoms with van der Waals surface area (Å²) >= 11 is 0.993. The molecule has 4 rings (SSSR count). The average Bonchev–Trinajstić information content (AvgIpc) is 3.51. The topological polar surface area (TPSA) is 126 Å². The molecule has 1 aliphatic heterocycles. The first kappa shape index (κ1) is 23.1. The number of methoxy groups -OCH3 is 2. The van der Waals surface area contributed by atoms with Gasteiger partial charge in [-0.1, -0.05) is 12.1 Å². The van der Waals surface area contributed by atoms with Gasteiger partial charge in [0.2, 0.25) is 10.0 Å². The van der Waals surface area contributed by atoms with Crippen LogP contribution in [0.5, 0.6) is 17.2 Å². The summed E-state index contributed by atoms with van der Waals surface area (Å²) in [6.45, 7) is 1.36. The van der Waals surface area contributed by atoms with Gasteiger partial charge in [-0.2, -0.15) is 13.1 Å². The number of benzene rings is 2. The summed E-state index contributed by atoms with van der Waals surface area (Å²) in [5.74, 6) is 1.77. The predicted octanol–water partition coefficient (Wildman–Crippen LogP) is 3.40. The predicted molar refractivity (Wildman–Crippen MR) is 126 cm³/mol. The van der Waals surface area contributed by atoms with Crippen molar-refractivity contribution in [3.8, 4) is 17.2 Å². The standard InChI is InChI=1S/C21H25N5O5S2/c1-30-16-9-8-14(12-17(16)31-2)13-22-20-21(25-32-24-20)23-15-6-5-7-18(19(15)27)33(28,29)26-10-3-4-11-26/h5-9,12,27H,3-4,10-11,13H2,1-2H3,(H,22,24)(H,23,25). The number of sulfonamides is 1. The molecular formula is C21H25N5O5S2. The van der Waals surface area contributed by atoms with Gasteiger partial charge in [0.05, 0.1) is 31.6 Å². The smallest absolute Gasteiger partial charge is 0.246 e. The van der Waals surface area contributed by atoms with Crippen LogP contribution in [0, 0.1) is 0 Å². The van der Waals surface area contributed by atoms with Crippen molar-refractivity contribution in [2.45, 2.75) is 24.3 Å². The second-order valence-corrected chi connectivity index (χ2v) is 9.83. The second kappa shape index (κ2) is 9.81. The number of ether oxygens (including phenoxy) is 2. The van der Waals surface area contributed by atoms with Crippen LogP contribution in [0.15, 0.2) is 41.3 Å². The van der Waals surface area contributed by atoms with E-state index in [1.165, 1.54) is 10.4 Å². The number of rotatable bonds is 9. The molecule has 0 spiro atoms. The van der Waals surface area contributed by atoms with Gasteiger partial charge in [-0.3, -0.25) is 0 Å². The maximum atomic E-state index is 12.9. The molecule has 1 fully saturated rings. The lowest BCUT2D eigenvalue weighted by atomic mass is 10.2. The highest BCUT2D eigenvalue weighted by atomic mass is 32.2. The Balaban J connectivity index is 1.51. The van der Waals surface area contributed by atoms with Gasteiger partial charge in [-0.25, -0.2) is 8.42 Å². The number of aromatic nitrogens is 2. The quantitative estimate of drug-likeness (QED) is 0.386. The second-order valence-electron chi connectivity index (χ2n) is 7.39. The number of nitrogens with zero attached hydrogens (tertiary/aromatic N) is 3. The first-order valence-corrected chi connectivity index (χ1v) is 12.5. The van der Waals surface area contributed by atoms with Gasteiger partial charge in [0, 0.05) is 19.6 Å². The van der Waals surface area contributed by atoms with E-state index in [2.05, 4.69) is 19.4 Å². The number of nitrogens with one attached hydrogen (secondary N) is 2. The van der Waals surface area contributed by atoms with E-state index >= 15 is 0 Å². The Morgan fingerprint density at radius 2 is 1.79 bits per heavy atom. The van der Waals surface area contributed by atoms with Crippen molar-refractivity contribution in [1.82, 2.24) is 13.1 Å². The third kappa shape index (κ3) is 4.82. The van der Waals surface area contributed by atoms with E-state index < -0.39 is 10.0 Å². The van der Waals surface area contributed by atoms with E-state index in [-0.39, 0.29) is 16.3 Å². The summed E-state index contributed by atoms with van der Waals surface area (Å²) in [6.07, 6.45) is 1.63. The molecule has 33 heavy (non-hydrogen) atoms. The molecule has 0 bridgehead atoms. The summed E-state index contributed by atoms with van der Waals surface area (Å²) in [7, 11) is -0.613.